The van der Waals surface area contributed by atoms with Crippen molar-refractivity contribution >= 4 is 21.6 Å². The number of nitrogens with zero attached hydrogens (tertiary/aromatic N) is 1. The average molecular weight is 505 g/mol. The Morgan fingerprint density at radius 1 is 0.943 bits per heavy atom. The summed E-state index contributed by atoms with van der Waals surface area (Å²) < 4.78 is 67.6. The lowest BCUT2D eigenvalue weighted by molar-refractivity contribution is -0.137. The molecule has 1 amide bonds. The number of hydrogen-bond acceptors (Lipinski definition) is 3. The molecule has 0 aliphatic rings. The zero-order chi connectivity index (χ0) is 26.0. The molecule has 0 bridgehead atoms. The van der Waals surface area contributed by atoms with Crippen LogP contribution in [0, 0.1) is 20.8 Å². The minimum absolute atomic E-state index is 0.129. The first-order valence-electron chi connectivity index (χ1n) is 10.9. The Morgan fingerprint density at radius 3 is 2.17 bits per heavy atom. The lowest BCUT2D eigenvalue weighted by Crippen LogP contribution is -2.41. The van der Waals surface area contributed by atoms with Gasteiger partial charge in [0.1, 0.15) is 6.54 Å². The summed E-state index contributed by atoms with van der Waals surface area (Å²) >= 11 is 0. The van der Waals surface area contributed by atoms with Gasteiger partial charge < -0.3 is 5.32 Å². The molecule has 0 unspecified atom stereocenters. The maximum Gasteiger partial charge on any atom is 0.416 e. The van der Waals surface area contributed by atoms with E-state index in [1.807, 2.05) is 32.0 Å². The summed E-state index contributed by atoms with van der Waals surface area (Å²) in [4.78, 5) is 12.8. The minimum Gasteiger partial charge on any atom is -0.348 e. The van der Waals surface area contributed by atoms with Crippen LogP contribution >= 0.6 is 0 Å². The second-order valence-corrected chi connectivity index (χ2v) is 10.4. The zero-order valence-corrected chi connectivity index (χ0v) is 20.7. The van der Waals surface area contributed by atoms with Crippen molar-refractivity contribution in [1.29, 1.82) is 0 Å². The Kier molecular flexibility index (Phi) is 7.59. The van der Waals surface area contributed by atoms with E-state index < -0.39 is 40.3 Å². The van der Waals surface area contributed by atoms with Crippen LogP contribution < -0.4 is 9.62 Å². The van der Waals surface area contributed by atoms with Crippen LogP contribution in [0.5, 0.6) is 0 Å². The number of alkyl halides is 3. The number of benzene rings is 3. The van der Waals surface area contributed by atoms with Crippen molar-refractivity contribution in [2.75, 3.05) is 10.8 Å². The number of halogens is 3. The topological polar surface area (TPSA) is 66.5 Å². The fourth-order valence-corrected chi connectivity index (χ4v) is 5.21. The highest BCUT2D eigenvalue weighted by molar-refractivity contribution is 7.92. The molecular formula is C26H27F3N2O3S. The van der Waals surface area contributed by atoms with E-state index in [-0.39, 0.29) is 10.6 Å². The number of aryl methyl sites for hydroxylation is 3. The molecule has 3 aromatic rings. The molecule has 0 spiro atoms. The highest BCUT2D eigenvalue weighted by Crippen LogP contribution is 2.33. The highest BCUT2D eigenvalue weighted by Gasteiger charge is 2.33. The molecule has 0 radical (unpaired) electrons. The van der Waals surface area contributed by atoms with Crippen molar-refractivity contribution in [3.8, 4) is 0 Å². The van der Waals surface area contributed by atoms with Gasteiger partial charge in [-0.15, -0.1) is 0 Å². The Hall–Kier alpha value is -3.33. The Balaban J connectivity index is 1.97. The first-order valence-corrected chi connectivity index (χ1v) is 12.4. The Morgan fingerprint density at radius 2 is 1.57 bits per heavy atom. The van der Waals surface area contributed by atoms with Gasteiger partial charge in [-0.1, -0.05) is 47.5 Å². The van der Waals surface area contributed by atoms with Gasteiger partial charge in [0, 0.05) is 0 Å². The van der Waals surface area contributed by atoms with Crippen LogP contribution in [0.3, 0.4) is 0 Å². The number of amides is 1. The Labute approximate surface area is 203 Å². The predicted octanol–water partition coefficient (Wildman–Crippen LogP) is 5.70. The summed E-state index contributed by atoms with van der Waals surface area (Å²) in [5.41, 5.74) is 2.42. The van der Waals surface area contributed by atoms with Gasteiger partial charge in [0.05, 0.1) is 22.2 Å². The third-order valence-electron chi connectivity index (χ3n) is 5.63. The molecule has 0 saturated heterocycles. The van der Waals surface area contributed by atoms with Crippen molar-refractivity contribution in [2.24, 2.45) is 0 Å². The quantitative estimate of drug-likeness (QED) is 0.449. The average Bonchev–Trinajstić information content (AvgIpc) is 2.77. The number of nitrogens with one attached hydrogen (secondary N) is 1. The van der Waals surface area contributed by atoms with Gasteiger partial charge in [0.15, 0.2) is 0 Å². The number of carbonyl (C=O) groups excluding carboxylic acids is 1. The summed E-state index contributed by atoms with van der Waals surface area (Å²) in [6.45, 7) is 6.71. The lowest BCUT2D eigenvalue weighted by atomic mass is 10.0. The first-order chi connectivity index (χ1) is 16.3. The molecule has 0 heterocycles. The molecule has 3 rings (SSSR count). The number of carbonyl (C=O) groups is 1. The molecule has 1 N–H and O–H groups in total. The molecule has 0 aliphatic heterocycles. The molecule has 0 saturated carbocycles. The molecule has 1 atom stereocenters. The number of sulfonamides is 1. The summed E-state index contributed by atoms with van der Waals surface area (Å²) in [7, 11) is -4.34. The van der Waals surface area contributed by atoms with Crippen molar-refractivity contribution in [3.63, 3.8) is 0 Å². The Bertz CT molecular complexity index is 1320. The second-order valence-electron chi connectivity index (χ2n) is 8.52. The van der Waals surface area contributed by atoms with Crippen molar-refractivity contribution in [3.05, 3.63) is 94.5 Å². The molecule has 35 heavy (non-hydrogen) atoms. The van der Waals surface area contributed by atoms with E-state index in [1.165, 1.54) is 18.2 Å². The van der Waals surface area contributed by atoms with Crippen LogP contribution in [-0.4, -0.2) is 20.9 Å². The van der Waals surface area contributed by atoms with E-state index in [0.717, 1.165) is 40.5 Å². The molecule has 0 fully saturated rings. The van der Waals surface area contributed by atoms with E-state index in [9.17, 15) is 26.4 Å². The zero-order valence-electron chi connectivity index (χ0n) is 19.8. The molecule has 9 heteroatoms. The number of anilines is 1. The maximum atomic E-state index is 13.5. The van der Waals surface area contributed by atoms with E-state index >= 15 is 0 Å². The summed E-state index contributed by atoms with van der Waals surface area (Å²) in [5, 5.41) is 2.77. The largest absolute Gasteiger partial charge is 0.416 e. The SMILES string of the molecule is Cc1ccc(S(=O)(=O)N(CC(=O)N[C@H](C)c2ccc(C)cc2C)c2cccc(C(F)(F)F)c2)cc1. The smallest absolute Gasteiger partial charge is 0.348 e. The number of hydrogen-bond donors (Lipinski definition) is 1. The normalized spacial score (nSPS) is 12.8. The molecule has 186 valence electrons. The second kappa shape index (κ2) is 10.1. The monoisotopic (exact) mass is 504 g/mol. The van der Waals surface area contributed by atoms with Crippen LogP contribution in [0.1, 0.15) is 40.8 Å². The van der Waals surface area contributed by atoms with Crippen LogP contribution in [0.15, 0.2) is 71.6 Å². The van der Waals surface area contributed by atoms with Gasteiger partial charge in [-0.3, -0.25) is 9.10 Å². The molecular weight excluding hydrogens is 477 g/mol. The van der Waals surface area contributed by atoms with Crippen LogP contribution in [0.25, 0.3) is 0 Å². The molecule has 0 aliphatic carbocycles. The molecule has 5 nitrogen and oxygen atoms in total. The fourth-order valence-electron chi connectivity index (χ4n) is 3.80. The number of rotatable bonds is 7. The third-order valence-corrected chi connectivity index (χ3v) is 7.42. The van der Waals surface area contributed by atoms with Crippen molar-refractivity contribution < 1.29 is 26.4 Å². The molecule has 0 aromatic heterocycles. The van der Waals surface area contributed by atoms with Gasteiger partial charge in [0.2, 0.25) is 5.91 Å². The highest BCUT2D eigenvalue weighted by atomic mass is 32.2. The van der Waals surface area contributed by atoms with Crippen LogP contribution in [0.4, 0.5) is 18.9 Å². The van der Waals surface area contributed by atoms with E-state index in [1.54, 1.807) is 26.0 Å². The van der Waals surface area contributed by atoms with Gasteiger partial charge >= 0.3 is 6.18 Å². The van der Waals surface area contributed by atoms with E-state index in [0.29, 0.717) is 4.31 Å². The first kappa shape index (κ1) is 26.3. The van der Waals surface area contributed by atoms with Crippen molar-refractivity contribution in [1.82, 2.24) is 5.32 Å². The molecule has 3 aromatic carbocycles. The van der Waals surface area contributed by atoms with Gasteiger partial charge in [-0.25, -0.2) is 8.42 Å². The summed E-state index contributed by atoms with van der Waals surface area (Å²) in [5.74, 6) is -0.648. The van der Waals surface area contributed by atoms with Gasteiger partial charge in [-0.05, 0) is 69.2 Å². The standard InChI is InChI=1S/C26H27F3N2O3S/c1-17-8-11-23(12-9-17)35(33,34)31(22-7-5-6-21(15-22)26(27,28)29)16-25(32)30-20(4)24-13-10-18(2)14-19(24)3/h5-15,20H,16H2,1-4H3,(H,30,32)/t20-/m1/s1. The summed E-state index contributed by atoms with van der Waals surface area (Å²) in [6, 6.07) is 15.1. The van der Waals surface area contributed by atoms with Crippen LogP contribution in [-0.2, 0) is 21.0 Å². The predicted molar refractivity (Wildman–Crippen MR) is 130 cm³/mol. The lowest BCUT2D eigenvalue weighted by Gasteiger charge is -2.26. The fraction of sp³-hybridized carbons (Fsp3) is 0.269. The third kappa shape index (κ3) is 6.22. The van der Waals surface area contributed by atoms with E-state index in [2.05, 4.69) is 5.32 Å². The summed E-state index contributed by atoms with van der Waals surface area (Å²) in [6.07, 6.45) is -4.67. The van der Waals surface area contributed by atoms with Gasteiger partial charge in [-0.2, -0.15) is 13.2 Å². The van der Waals surface area contributed by atoms with E-state index in [4.69, 9.17) is 0 Å². The van der Waals surface area contributed by atoms with Gasteiger partial charge in [0.25, 0.3) is 10.0 Å². The maximum absolute atomic E-state index is 13.5. The van der Waals surface area contributed by atoms with Crippen LogP contribution in [0.2, 0.25) is 0 Å². The minimum atomic E-state index is -4.67. The van der Waals surface area contributed by atoms with Crippen molar-refractivity contribution in [2.45, 2.75) is 44.8 Å².